The van der Waals surface area contributed by atoms with E-state index in [9.17, 15) is 9.59 Å². The summed E-state index contributed by atoms with van der Waals surface area (Å²) < 4.78 is 10.5. The zero-order valence-corrected chi connectivity index (χ0v) is 12.1. The molecule has 2 atom stereocenters. The number of amides is 1. The maximum Gasteiger partial charge on any atom is 0.311 e. The molecule has 1 aliphatic heterocycles. The van der Waals surface area contributed by atoms with Gasteiger partial charge in [-0.2, -0.15) is 0 Å². The molecule has 0 spiro atoms. The monoisotopic (exact) mass is 293 g/mol. The fourth-order valence-electron chi connectivity index (χ4n) is 2.35. The largest absolute Gasteiger partial charge is 0.484 e. The molecule has 6 heteroatoms. The molecule has 0 saturated carbocycles. The van der Waals surface area contributed by atoms with Gasteiger partial charge in [-0.1, -0.05) is 6.07 Å². The molecule has 1 saturated heterocycles. The van der Waals surface area contributed by atoms with Crippen LogP contribution in [0.5, 0.6) is 5.75 Å². The van der Waals surface area contributed by atoms with Crippen molar-refractivity contribution < 1.29 is 24.2 Å². The highest BCUT2D eigenvalue weighted by molar-refractivity contribution is 5.79. The standard InChI is InChI=1S/C15H19NO5/c1-9-3-10(2)5-11(4-9)21-8-14(17)16-13-7-20-6-12(13)15(18)19/h3-5,12-13H,6-8H2,1-2H3,(H,16,17)(H,18,19). The number of carbonyl (C=O) groups excluding carboxylic acids is 1. The van der Waals surface area contributed by atoms with Crippen LogP contribution in [0.2, 0.25) is 0 Å². The van der Waals surface area contributed by atoms with Gasteiger partial charge in [0.1, 0.15) is 11.7 Å². The molecule has 2 N–H and O–H groups in total. The van der Waals surface area contributed by atoms with E-state index >= 15 is 0 Å². The number of rotatable bonds is 5. The van der Waals surface area contributed by atoms with E-state index < -0.39 is 17.9 Å². The van der Waals surface area contributed by atoms with Crippen LogP contribution in [0.3, 0.4) is 0 Å². The maximum absolute atomic E-state index is 11.8. The van der Waals surface area contributed by atoms with Crippen LogP contribution in [-0.2, 0) is 14.3 Å². The number of carboxylic acid groups (broad SMARTS) is 1. The zero-order valence-electron chi connectivity index (χ0n) is 12.1. The van der Waals surface area contributed by atoms with E-state index in [1.807, 2.05) is 32.0 Å². The molecular formula is C15H19NO5. The molecule has 1 amide bonds. The zero-order chi connectivity index (χ0) is 15.4. The van der Waals surface area contributed by atoms with Gasteiger partial charge < -0.3 is 19.9 Å². The van der Waals surface area contributed by atoms with E-state index in [1.54, 1.807) is 0 Å². The Morgan fingerprint density at radius 1 is 1.29 bits per heavy atom. The van der Waals surface area contributed by atoms with Crippen LogP contribution < -0.4 is 10.1 Å². The van der Waals surface area contributed by atoms with Gasteiger partial charge in [0.25, 0.3) is 5.91 Å². The molecule has 1 fully saturated rings. The second kappa shape index (κ2) is 6.58. The Hall–Kier alpha value is -2.08. The minimum atomic E-state index is -0.965. The Morgan fingerprint density at radius 2 is 1.95 bits per heavy atom. The lowest BCUT2D eigenvalue weighted by atomic mass is 10.0. The van der Waals surface area contributed by atoms with Crippen LogP contribution in [0, 0.1) is 19.8 Å². The Labute approximate surface area is 123 Å². The average Bonchev–Trinajstić information content (AvgIpc) is 2.83. The summed E-state index contributed by atoms with van der Waals surface area (Å²) in [6.07, 6.45) is 0. The number of aryl methyl sites for hydroxylation is 2. The quantitative estimate of drug-likeness (QED) is 0.842. The first-order valence-electron chi connectivity index (χ1n) is 6.76. The van der Waals surface area contributed by atoms with Crippen molar-refractivity contribution in [2.24, 2.45) is 5.92 Å². The van der Waals surface area contributed by atoms with Crippen molar-refractivity contribution in [3.05, 3.63) is 29.3 Å². The molecule has 1 aromatic rings. The second-order valence-electron chi connectivity index (χ2n) is 5.27. The predicted molar refractivity (Wildman–Crippen MR) is 75.3 cm³/mol. The van der Waals surface area contributed by atoms with Crippen LogP contribution in [0.1, 0.15) is 11.1 Å². The van der Waals surface area contributed by atoms with Crippen molar-refractivity contribution in [1.29, 1.82) is 0 Å². The van der Waals surface area contributed by atoms with Crippen molar-refractivity contribution in [3.63, 3.8) is 0 Å². The fourth-order valence-corrected chi connectivity index (χ4v) is 2.35. The highest BCUT2D eigenvalue weighted by Crippen LogP contribution is 2.16. The van der Waals surface area contributed by atoms with Crippen molar-refractivity contribution in [3.8, 4) is 5.75 Å². The van der Waals surface area contributed by atoms with E-state index in [0.29, 0.717) is 5.75 Å². The number of benzene rings is 1. The van der Waals surface area contributed by atoms with Gasteiger partial charge in [0.2, 0.25) is 0 Å². The summed E-state index contributed by atoms with van der Waals surface area (Å²) in [4.78, 5) is 22.8. The molecule has 0 aliphatic carbocycles. The van der Waals surface area contributed by atoms with Gasteiger partial charge in [0.05, 0.1) is 19.3 Å². The van der Waals surface area contributed by atoms with Crippen molar-refractivity contribution in [1.82, 2.24) is 5.32 Å². The molecule has 1 aliphatic rings. The number of hydrogen-bond acceptors (Lipinski definition) is 4. The fraction of sp³-hybridized carbons (Fsp3) is 0.467. The summed E-state index contributed by atoms with van der Waals surface area (Å²) in [6, 6.07) is 5.20. The van der Waals surface area contributed by atoms with Crippen LogP contribution in [0.4, 0.5) is 0 Å². The minimum absolute atomic E-state index is 0.123. The Bertz CT molecular complexity index is 523. The van der Waals surface area contributed by atoms with Gasteiger partial charge in [-0.3, -0.25) is 9.59 Å². The van der Waals surface area contributed by atoms with Crippen LogP contribution in [0.15, 0.2) is 18.2 Å². The number of carbonyl (C=O) groups is 2. The lowest BCUT2D eigenvalue weighted by Gasteiger charge is -2.16. The molecule has 2 unspecified atom stereocenters. The first-order valence-corrected chi connectivity index (χ1v) is 6.76. The van der Waals surface area contributed by atoms with E-state index in [1.165, 1.54) is 0 Å². The predicted octanol–water partition coefficient (Wildman–Crippen LogP) is 0.898. The minimum Gasteiger partial charge on any atom is -0.484 e. The summed E-state index contributed by atoms with van der Waals surface area (Å²) in [5.41, 5.74) is 2.11. The number of hydrogen-bond donors (Lipinski definition) is 2. The van der Waals surface area contributed by atoms with Crippen LogP contribution >= 0.6 is 0 Å². The number of ether oxygens (including phenoxy) is 2. The summed E-state index contributed by atoms with van der Waals surface area (Å²) in [5.74, 6) is -1.39. The van der Waals surface area contributed by atoms with Gasteiger partial charge in [-0.05, 0) is 37.1 Å². The third kappa shape index (κ3) is 4.19. The van der Waals surface area contributed by atoms with Gasteiger partial charge in [0, 0.05) is 0 Å². The smallest absolute Gasteiger partial charge is 0.311 e. The van der Waals surface area contributed by atoms with E-state index in [-0.39, 0.29) is 25.7 Å². The van der Waals surface area contributed by atoms with E-state index in [0.717, 1.165) is 11.1 Å². The van der Waals surface area contributed by atoms with E-state index in [4.69, 9.17) is 14.6 Å². The molecule has 0 radical (unpaired) electrons. The number of nitrogens with one attached hydrogen (secondary N) is 1. The normalized spacial score (nSPS) is 21.0. The number of carboxylic acids is 1. The van der Waals surface area contributed by atoms with Crippen molar-refractivity contribution >= 4 is 11.9 Å². The molecule has 21 heavy (non-hydrogen) atoms. The van der Waals surface area contributed by atoms with Gasteiger partial charge in [-0.15, -0.1) is 0 Å². The molecule has 114 valence electrons. The maximum atomic E-state index is 11.8. The highest BCUT2D eigenvalue weighted by atomic mass is 16.5. The second-order valence-corrected chi connectivity index (χ2v) is 5.27. The Balaban J connectivity index is 1.86. The molecule has 0 aromatic heterocycles. The number of aliphatic carboxylic acids is 1. The summed E-state index contributed by atoms with van der Waals surface area (Å²) in [7, 11) is 0. The molecule has 0 bridgehead atoms. The van der Waals surface area contributed by atoms with Gasteiger partial charge >= 0.3 is 5.97 Å². The third-order valence-corrected chi connectivity index (χ3v) is 3.31. The lowest BCUT2D eigenvalue weighted by molar-refractivity contribution is -0.142. The molecule has 1 heterocycles. The molecule has 1 aromatic carbocycles. The highest BCUT2D eigenvalue weighted by Gasteiger charge is 2.35. The Morgan fingerprint density at radius 3 is 2.57 bits per heavy atom. The first-order chi connectivity index (χ1) is 9.95. The first kappa shape index (κ1) is 15.3. The van der Waals surface area contributed by atoms with Gasteiger partial charge in [-0.25, -0.2) is 0 Å². The molecule has 2 rings (SSSR count). The van der Waals surface area contributed by atoms with Crippen LogP contribution in [-0.4, -0.2) is 42.8 Å². The SMILES string of the molecule is Cc1cc(C)cc(OCC(=O)NC2COCC2C(=O)O)c1. The van der Waals surface area contributed by atoms with Gasteiger partial charge in [0.15, 0.2) is 6.61 Å². The average molecular weight is 293 g/mol. The van der Waals surface area contributed by atoms with E-state index in [2.05, 4.69) is 5.32 Å². The van der Waals surface area contributed by atoms with Crippen molar-refractivity contribution in [2.45, 2.75) is 19.9 Å². The summed E-state index contributed by atoms with van der Waals surface area (Å²) in [6.45, 7) is 4.09. The Kier molecular flexibility index (Phi) is 4.80. The summed E-state index contributed by atoms with van der Waals surface area (Å²) >= 11 is 0. The molecule has 6 nitrogen and oxygen atoms in total. The summed E-state index contributed by atoms with van der Waals surface area (Å²) in [5, 5.41) is 11.6. The topological polar surface area (TPSA) is 84.9 Å². The van der Waals surface area contributed by atoms with Crippen LogP contribution in [0.25, 0.3) is 0 Å². The third-order valence-electron chi connectivity index (χ3n) is 3.31. The molecular weight excluding hydrogens is 274 g/mol. The van der Waals surface area contributed by atoms with Crippen molar-refractivity contribution in [2.75, 3.05) is 19.8 Å². The lowest BCUT2D eigenvalue weighted by Crippen LogP contribution is -2.44.